The Hall–Kier alpha value is -1.44. The summed E-state index contributed by atoms with van der Waals surface area (Å²) < 4.78 is 51.6. The standard InChI is InChI=1S/C18H12F4S3/c1-23-14-8-4-11(5-9-14)15-10-16(25-18(20,21)22)24-17(15)12-2-6-13(19)7-3-12/h2-10H,1H3. The molecule has 0 unspecified atom stereocenters. The van der Waals surface area contributed by atoms with Gasteiger partial charge in [-0.25, -0.2) is 4.39 Å². The molecular weight excluding hydrogens is 388 g/mol. The van der Waals surface area contributed by atoms with Crippen LogP contribution in [0.5, 0.6) is 0 Å². The van der Waals surface area contributed by atoms with Crippen molar-refractivity contribution in [2.75, 3.05) is 6.26 Å². The van der Waals surface area contributed by atoms with E-state index in [4.69, 9.17) is 0 Å². The minimum absolute atomic E-state index is 0.124. The van der Waals surface area contributed by atoms with Crippen LogP contribution in [-0.4, -0.2) is 11.8 Å². The Morgan fingerprint density at radius 2 is 1.48 bits per heavy atom. The Morgan fingerprint density at radius 3 is 2.04 bits per heavy atom. The van der Waals surface area contributed by atoms with Gasteiger partial charge in [0.25, 0.3) is 0 Å². The monoisotopic (exact) mass is 400 g/mol. The molecule has 7 heteroatoms. The molecule has 0 amide bonds. The zero-order valence-corrected chi connectivity index (χ0v) is 15.4. The van der Waals surface area contributed by atoms with Crippen LogP contribution < -0.4 is 0 Å². The van der Waals surface area contributed by atoms with Crippen LogP contribution in [0.15, 0.2) is 63.7 Å². The number of alkyl halides is 3. The number of rotatable bonds is 4. The third-order valence-corrected chi connectivity index (χ3v) is 6.21. The van der Waals surface area contributed by atoms with Crippen molar-refractivity contribution in [3.05, 3.63) is 60.4 Å². The molecule has 1 heterocycles. The fourth-order valence-corrected chi connectivity index (χ4v) is 4.77. The van der Waals surface area contributed by atoms with E-state index in [0.717, 1.165) is 27.4 Å². The van der Waals surface area contributed by atoms with Crippen molar-refractivity contribution in [3.63, 3.8) is 0 Å². The SMILES string of the molecule is CSc1ccc(-c2cc(SC(F)(F)F)sc2-c2ccc(F)cc2)cc1. The highest BCUT2D eigenvalue weighted by Crippen LogP contribution is 2.47. The molecule has 3 rings (SSSR count). The van der Waals surface area contributed by atoms with E-state index in [1.807, 2.05) is 30.5 Å². The summed E-state index contributed by atoms with van der Waals surface area (Å²) in [5, 5.41) is 0. The third-order valence-electron chi connectivity index (χ3n) is 3.43. The molecule has 25 heavy (non-hydrogen) atoms. The number of benzene rings is 2. The van der Waals surface area contributed by atoms with Crippen molar-refractivity contribution in [2.24, 2.45) is 0 Å². The van der Waals surface area contributed by atoms with Crippen molar-refractivity contribution in [2.45, 2.75) is 14.6 Å². The minimum Gasteiger partial charge on any atom is -0.207 e. The zero-order chi connectivity index (χ0) is 18.0. The first kappa shape index (κ1) is 18.4. The lowest BCUT2D eigenvalue weighted by Crippen LogP contribution is -1.97. The van der Waals surface area contributed by atoms with Gasteiger partial charge in [0.1, 0.15) is 5.82 Å². The number of thioether (sulfide) groups is 2. The summed E-state index contributed by atoms with van der Waals surface area (Å²) in [6.45, 7) is 0. The Balaban J connectivity index is 2.08. The summed E-state index contributed by atoms with van der Waals surface area (Å²) in [5.41, 5.74) is -2.09. The molecule has 130 valence electrons. The molecule has 0 aliphatic rings. The molecular formula is C18H12F4S3. The molecule has 0 aliphatic carbocycles. The lowest BCUT2D eigenvalue weighted by molar-refractivity contribution is -0.0326. The average molecular weight is 400 g/mol. The summed E-state index contributed by atoms with van der Waals surface area (Å²) >= 11 is 2.54. The molecule has 0 atom stereocenters. The molecule has 0 aliphatic heterocycles. The van der Waals surface area contributed by atoms with Gasteiger partial charge < -0.3 is 0 Å². The lowest BCUT2D eigenvalue weighted by Gasteiger charge is -2.05. The van der Waals surface area contributed by atoms with E-state index >= 15 is 0 Å². The van der Waals surface area contributed by atoms with Gasteiger partial charge in [0.15, 0.2) is 0 Å². The van der Waals surface area contributed by atoms with E-state index in [2.05, 4.69) is 0 Å². The third kappa shape index (κ3) is 4.59. The Kier molecular flexibility index (Phi) is 5.46. The van der Waals surface area contributed by atoms with Gasteiger partial charge >= 0.3 is 5.51 Å². The van der Waals surface area contributed by atoms with Gasteiger partial charge in [0.05, 0.1) is 4.21 Å². The first-order valence-corrected chi connectivity index (χ1v) is 10.0. The fourth-order valence-electron chi connectivity index (χ4n) is 2.33. The number of thiophene rings is 1. The van der Waals surface area contributed by atoms with Crippen LogP contribution in [0.4, 0.5) is 17.6 Å². The number of hydrogen-bond acceptors (Lipinski definition) is 3. The van der Waals surface area contributed by atoms with Crippen LogP contribution in [0.3, 0.4) is 0 Å². The maximum absolute atomic E-state index is 13.2. The topological polar surface area (TPSA) is 0 Å². The Bertz CT molecular complexity index is 850. The van der Waals surface area contributed by atoms with E-state index in [1.54, 1.807) is 30.0 Å². The van der Waals surface area contributed by atoms with Crippen molar-refractivity contribution >= 4 is 34.9 Å². The molecule has 3 aromatic rings. The molecule has 0 saturated heterocycles. The predicted molar refractivity (Wildman–Crippen MR) is 98.8 cm³/mol. The molecule has 0 N–H and O–H groups in total. The molecule has 1 aromatic heterocycles. The fraction of sp³-hybridized carbons (Fsp3) is 0.111. The van der Waals surface area contributed by atoms with Gasteiger partial charge in [-0.05, 0) is 59.5 Å². The van der Waals surface area contributed by atoms with Gasteiger partial charge in [0, 0.05) is 15.3 Å². The van der Waals surface area contributed by atoms with Crippen LogP contribution in [-0.2, 0) is 0 Å². The first-order chi connectivity index (χ1) is 11.9. The second-order valence-electron chi connectivity index (χ2n) is 5.09. The Morgan fingerprint density at radius 1 is 0.880 bits per heavy atom. The van der Waals surface area contributed by atoms with E-state index < -0.39 is 5.51 Å². The van der Waals surface area contributed by atoms with E-state index in [0.29, 0.717) is 10.4 Å². The summed E-state index contributed by atoms with van der Waals surface area (Å²) in [7, 11) is 0. The minimum atomic E-state index is -4.34. The molecule has 0 fully saturated rings. The molecule has 2 aromatic carbocycles. The molecule has 0 spiro atoms. The van der Waals surface area contributed by atoms with E-state index in [9.17, 15) is 17.6 Å². The molecule has 0 nitrogen and oxygen atoms in total. The van der Waals surface area contributed by atoms with Gasteiger partial charge in [-0.1, -0.05) is 24.3 Å². The van der Waals surface area contributed by atoms with Crippen LogP contribution in [0, 0.1) is 5.82 Å². The number of halogens is 4. The van der Waals surface area contributed by atoms with E-state index in [1.165, 1.54) is 12.1 Å². The van der Waals surface area contributed by atoms with Crippen molar-refractivity contribution in [1.29, 1.82) is 0 Å². The van der Waals surface area contributed by atoms with Crippen LogP contribution in [0.2, 0.25) is 0 Å². The lowest BCUT2D eigenvalue weighted by atomic mass is 10.0. The van der Waals surface area contributed by atoms with Crippen molar-refractivity contribution in [1.82, 2.24) is 0 Å². The summed E-state index contributed by atoms with van der Waals surface area (Å²) in [6.07, 6.45) is 1.96. The van der Waals surface area contributed by atoms with Gasteiger partial charge in [-0.15, -0.1) is 23.1 Å². The average Bonchev–Trinajstić information content (AvgIpc) is 2.97. The summed E-state index contributed by atoms with van der Waals surface area (Å²) in [5.74, 6) is -0.379. The van der Waals surface area contributed by atoms with Crippen LogP contribution >= 0.6 is 34.9 Å². The Labute approximate surface area is 155 Å². The summed E-state index contributed by atoms with van der Waals surface area (Å²) in [6, 6.07) is 15.0. The van der Waals surface area contributed by atoms with Gasteiger partial charge in [-0.2, -0.15) is 13.2 Å². The molecule has 0 bridgehead atoms. The predicted octanol–water partition coefficient (Wildman–Crippen LogP) is 7.56. The highest BCUT2D eigenvalue weighted by Gasteiger charge is 2.31. The van der Waals surface area contributed by atoms with Gasteiger partial charge in [0.2, 0.25) is 0 Å². The van der Waals surface area contributed by atoms with E-state index in [-0.39, 0.29) is 21.8 Å². The molecule has 0 radical (unpaired) electrons. The highest BCUT2D eigenvalue weighted by atomic mass is 32.2. The number of hydrogen-bond donors (Lipinski definition) is 0. The summed E-state index contributed by atoms with van der Waals surface area (Å²) in [4.78, 5) is 1.77. The normalized spacial score (nSPS) is 11.7. The second kappa shape index (κ2) is 7.43. The van der Waals surface area contributed by atoms with Crippen molar-refractivity contribution < 1.29 is 17.6 Å². The smallest absolute Gasteiger partial charge is 0.207 e. The largest absolute Gasteiger partial charge is 0.447 e. The van der Waals surface area contributed by atoms with Crippen molar-refractivity contribution in [3.8, 4) is 21.6 Å². The first-order valence-electron chi connectivity index (χ1n) is 7.15. The van der Waals surface area contributed by atoms with Gasteiger partial charge in [-0.3, -0.25) is 0 Å². The van der Waals surface area contributed by atoms with Crippen LogP contribution in [0.25, 0.3) is 21.6 Å². The maximum atomic E-state index is 13.2. The maximum Gasteiger partial charge on any atom is 0.447 e. The zero-order valence-electron chi connectivity index (χ0n) is 12.9. The highest BCUT2D eigenvalue weighted by molar-refractivity contribution is 8.02. The van der Waals surface area contributed by atoms with Crippen LogP contribution in [0.1, 0.15) is 0 Å². The quantitative estimate of drug-likeness (QED) is 0.327. The molecule has 0 saturated carbocycles. The second-order valence-corrected chi connectivity index (χ2v) is 8.39.